The largest absolute Gasteiger partial charge is 0.327 e. The number of benzene rings is 1. The molecule has 1 rings (SSSR count). The van der Waals surface area contributed by atoms with E-state index in [0.717, 1.165) is 5.75 Å². The van der Waals surface area contributed by atoms with Gasteiger partial charge in [0.1, 0.15) is 0 Å². The van der Waals surface area contributed by atoms with Crippen LogP contribution in [0.3, 0.4) is 0 Å². The summed E-state index contributed by atoms with van der Waals surface area (Å²) in [6.45, 7) is 4.90. The van der Waals surface area contributed by atoms with Gasteiger partial charge in [-0.3, -0.25) is 0 Å². The molecule has 0 bridgehead atoms. The smallest absolute Gasteiger partial charge is 0.0161 e. The van der Waals surface area contributed by atoms with Crippen molar-refractivity contribution in [2.24, 2.45) is 5.73 Å². The Bertz CT molecular complexity index is 318. The number of hydrogen-bond donors (Lipinski definition) is 1. The summed E-state index contributed by atoms with van der Waals surface area (Å²) in [5, 5.41) is 0. The maximum atomic E-state index is 5.37. The van der Waals surface area contributed by atoms with E-state index in [9.17, 15) is 0 Å². The fraction of sp³-hybridized carbons (Fsp3) is 0.333. The van der Waals surface area contributed by atoms with E-state index in [-0.39, 0.29) is 0 Å². The monoisotopic (exact) mass is 207 g/mol. The minimum Gasteiger partial charge on any atom is -0.327 e. The predicted molar refractivity (Wildman–Crippen MR) is 64.8 cm³/mol. The van der Waals surface area contributed by atoms with Crippen molar-refractivity contribution in [1.82, 2.24) is 0 Å². The van der Waals surface area contributed by atoms with Crippen molar-refractivity contribution in [3.05, 3.63) is 41.5 Å². The second-order valence-corrected chi connectivity index (χ2v) is 4.35. The molecule has 0 radical (unpaired) electrons. The molecular weight excluding hydrogens is 190 g/mol. The van der Waals surface area contributed by atoms with Crippen LogP contribution in [-0.2, 0) is 0 Å². The van der Waals surface area contributed by atoms with Gasteiger partial charge in [0.05, 0.1) is 0 Å². The summed E-state index contributed by atoms with van der Waals surface area (Å²) in [4.78, 5) is 1.37. The molecule has 0 saturated carbocycles. The van der Waals surface area contributed by atoms with E-state index in [4.69, 9.17) is 5.73 Å². The van der Waals surface area contributed by atoms with Gasteiger partial charge < -0.3 is 5.73 Å². The standard InChI is InChI=1S/C12H17NS/c1-10-5-6-11(2)12(9-10)14-8-4-3-7-13/h3-6,9H,7-8,13H2,1-2H3. The molecule has 0 aliphatic rings. The van der Waals surface area contributed by atoms with Crippen molar-refractivity contribution in [2.45, 2.75) is 18.7 Å². The summed E-state index contributed by atoms with van der Waals surface area (Å²) in [5.74, 6) is 1.00. The Morgan fingerprint density at radius 2 is 2.07 bits per heavy atom. The number of hydrogen-bond acceptors (Lipinski definition) is 2. The van der Waals surface area contributed by atoms with Gasteiger partial charge in [-0.2, -0.15) is 0 Å². The first-order chi connectivity index (χ1) is 6.74. The molecule has 0 atom stereocenters. The zero-order valence-corrected chi connectivity index (χ0v) is 9.60. The van der Waals surface area contributed by atoms with Crippen LogP contribution in [0.5, 0.6) is 0 Å². The molecule has 2 N–H and O–H groups in total. The molecule has 0 aliphatic carbocycles. The number of nitrogens with two attached hydrogens (primary N) is 1. The molecule has 1 aromatic carbocycles. The first-order valence-corrected chi connectivity index (χ1v) is 5.77. The van der Waals surface area contributed by atoms with Gasteiger partial charge in [0.15, 0.2) is 0 Å². The third kappa shape index (κ3) is 3.56. The highest BCUT2D eigenvalue weighted by molar-refractivity contribution is 7.99. The van der Waals surface area contributed by atoms with Crippen molar-refractivity contribution >= 4 is 11.8 Å². The molecule has 0 amide bonds. The molecule has 0 aromatic heterocycles. The van der Waals surface area contributed by atoms with E-state index >= 15 is 0 Å². The van der Waals surface area contributed by atoms with Crippen LogP contribution >= 0.6 is 11.8 Å². The number of thioether (sulfide) groups is 1. The summed E-state index contributed by atoms with van der Waals surface area (Å²) in [6, 6.07) is 6.55. The third-order valence-corrected chi connectivity index (χ3v) is 3.09. The fourth-order valence-corrected chi connectivity index (χ4v) is 2.14. The van der Waals surface area contributed by atoms with E-state index in [1.807, 2.05) is 17.8 Å². The van der Waals surface area contributed by atoms with Crippen LogP contribution < -0.4 is 5.73 Å². The number of aryl methyl sites for hydroxylation is 2. The van der Waals surface area contributed by atoms with Crippen molar-refractivity contribution in [2.75, 3.05) is 12.3 Å². The molecule has 2 heteroatoms. The van der Waals surface area contributed by atoms with Crippen LogP contribution in [0.1, 0.15) is 11.1 Å². The summed E-state index contributed by atoms with van der Waals surface area (Å²) >= 11 is 1.86. The molecule has 0 unspecified atom stereocenters. The Kier molecular flexibility index (Phi) is 4.77. The highest BCUT2D eigenvalue weighted by Gasteiger charge is 1.97. The lowest BCUT2D eigenvalue weighted by Crippen LogP contribution is -1.92. The minimum atomic E-state index is 0.632. The maximum Gasteiger partial charge on any atom is 0.0161 e. The average Bonchev–Trinajstić information content (AvgIpc) is 2.18. The molecule has 0 saturated heterocycles. The summed E-state index contributed by atoms with van der Waals surface area (Å²) < 4.78 is 0. The molecule has 14 heavy (non-hydrogen) atoms. The quantitative estimate of drug-likeness (QED) is 0.607. The molecule has 76 valence electrons. The molecule has 0 heterocycles. The van der Waals surface area contributed by atoms with Gasteiger partial charge in [0.25, 0.3) is 0 Å². The fourth-order valence-electron chi connectivity index (χ4n) is 1.16. The minimum absolute atomic E-state index is 0.632. The summed E-state index contributed by atoms with van der Waals surface area (Å²) in [6.07, 6.45) is 4.12. The van der Waals surface area contributed by atoms with E-state index in [0.29, 0.717) is 6.54 Å². The van der Waals surface area contributed by atoms with Gasteiger partial charge in [-0.1, -0.05) is 29.8 Å². The van der Waals surface area contributed by atoms with Gasteiger partial charge >= 0.3 is 0 Å². The van der Waals surface area contributed by atoms with Crippen LogP contribution in [-0.4, -0.2) is 12.3 Å². The Labute approximate surface area is 90.4 Å². The van der Waals surface area contributed by atoms with Crippen LogP contribution in [0.2, 0.25) is 0 Å². The van der Waals surface area contributed by atoms with Crippen LogP contribution in [0.15, 0.2) is 35.2 Å². The zero-order chi connectivity index (χ0) is 10.4. The Morgan fingerprint density at radius 3 is 2.79 bits per heavy atom. The van der Waals surface area contributed by atoms with Crippen LogP contribution in [0.4, 0.5) is 0 Å². The Hall–Kier alpha value is -0.730. The van der Waals surface area contributed by atoms with E-state index in [2.05, 4.69) is 38.1 Å². The van der Waals surface area contributed by atoms with Crippen LogP contribution in [0, 0.1) is 13.8 Å². The van der Waals surface area contributed by atoms with Gasteiger partial charge in [-0.05, 0) is 25.5 Å². The zero-order valence-electron chi connectivity index (χ0n) is 8.79. The first kappa shape index (κ1) is 11.3. The second-order valence-electron chi connectivity index (χ2n) is 3.29. The lowest BCUT2D eigenvalue weighted by atomic mass is 10.2. The average molecular weight is 207 g/mol. The van der Waals surface area contributed by atoms with Crippen molar-refractivity contribution in [3.63, 3.8) is 0 Å². The topological polar surface area (TPSA) is 26.0 Å². The van der Waals surface area contributed by atoms with Crippen LogP contribution in [0.25, 0.3) is 0 Å². The predicted octanol–water partition coefficient (Wildman–Crippen LogP) is 2.91. The van der Waals surface area contributed by atoms with Crippen molar-refractivity contribution in [3.8, 4) is 0 Å². The lowest BCUT2D eigenvalue weighted by Gasteiger charge is -2.04. The first-order valence-electron chi connectivity index (χ1n) is 4.79. The lowest BCUT2D eigenvalue weighted by molar-refractivity contribution is 1.24. The molecule has 1 aromatic rings. The van der Waals surface area contributed by atoms with Crippen molar-refractivity contribution < 1.29 is 0 Å². The van der Waals surface area contributed by atoms with Gasteiger partial charge in [-0.25, -0.2) is 0 Å². The van der Waals surface area contributed by atoms with E-state index in [1.54, 1.807) is 0 Å². The normalized spacial score (nSPS) is 11.1. The Balaban J connectivity index is 2.57. The SMILES string of the molecule is Cc1ccc(C)c(SCC=CCN)c1. The second kappa shape index (κ2) is 5.89. The molecular formula is C12H17NS. The summed E-state index contributed by atoms with van der Waals surface area (Å²) in [7, 11) is 0. The van der Waals surface area contributed by atoms with Gasteiger partial charge in [0.2, 0.25) is 0 Å². The van der Waals surface area contributed by atoms with E-state index in [1.165, 1.54) is 16.0 Å². The van der Waals surface area contributed by atoms with Crippen molar-refractivity contribution in [1.29, 1.82) is 0 Å². The highest BCUT2D eigenvalue weighted by Crippen LogP contribution is 2.23. The summed E-state index contributed by atoms with van der Waals surface area (Å²) in [5.41, 5.74) is 8.04. The number of rotatable bonds is 4. The highest BCUT2D eigenvalue weighted by atomic mass is 32.2. The third-order valence-electron chi connectivity index (χ3n) is 1.98. The molecule has 0 aliphatic heterocycles. The molecule has 1 nitrogen and oxygen atoms in total. The molecule has 0 spiro atoms. The molecule has 0 fully saturated rings. The van der Waals surface area contributed by atoms with E-state index < -0.39 is 0 Å². The van der Waals surface area contributed by atoms with Gasteiger partial charge in [-0.15, -0.1) is 11.8 Å². The van der Waals surface area contributed by atoms with Gasteiger partial charge in [0, 0.05) is 17.2 Å². The maximum absolute atomic E-state index is 5.37. The Morgan fingerprint density at radius 1 is 1.29 bits per heavy atom.